The van der Waals surface area contributed by atoms with E-state index >= 15 is 0 Å². The molecule has 132 valence electrons. The maximum Gasteiger partial charge on any atom is 0.339 e. The number of aromatic nitrogens is 1. The van der Waals surface area contributed by atoms with Gasteiger partial charge in [0.2, 0.25) is 0 Å². The molecule has 1 aliphatic rings. The number of para-hydroxylation sites is 1. The lowest BCUT2D eigenvalue weighted by Gasteiger charge is -2.22. The number of allylic oxidation sites excluding steroid dienone is 1. The monoisotopic (exact) mass is 349 g/mol. The lowest BCUT2D eigenvalue weighted by Crippen LogP contribution is -2.16. The van der Waals surface area contributed by atoms with Gasteiger partial charge in [0.15, 0.2) is 0 Å². The molecule has 0 fully saturated rings. The predicted molar refractivity (Wildman–Crippen MR) is 98.6 cm³/mol. The first-order valence-electron chi connectivity index (χ1n) is 8.72. The summed E-state index contributed by atoms with van der Waals surface area (Å²) in [5.41, 5.74) is 4.12. The van der Waals surface area contributed by atoms with Gasteiger partial charge in [-0.25, -0.2) is 9.78 Å². The number of nitrogens with zero attached hydrogens (tertiary/aromatic N) is 1. The number of fused-ring (bicyclic) bond motifs is 2. The zero-order valence-electron chi connectivity index (χ0n) is 14.3. The largest absolute Gasteiger partial charge is 0.465 e. The Hall–Kier alpha value is -2.92. The molecule has 1 aliphatic carbocycles. The fraction of sp³-hybridized carbons (Fsp3) is 0.238. The molecule has 1 aromatic carbocycles. The number of pyridine rings is 1. The molecule has 0 spiro atoms. The summed E-state index contributed by atoms with van der Waals surface area (Å²) < 4.78 is 10.7. The van der Waals surface area contributed by atoms with Crippen LogP contribution >= 0.6 is 0 Å². The summed E-state index contributed by atoms with van der Waals surface area (Å²) in [6.07, 6.45) is 6.21. The summed E-state index contributed by atoms with van der Waals surface area (Å²) in [5.74, 6) is 0.361. The van der Waals surface area contributed by atoms with Crippen molar-refractivity contribution < 1.29 is 19.1 Å². The van der Waals surface area contributed by atoms with Gasteiger partial charge in [-0.2, -0.15) is 0 Å². The van der Waals surface area contributed by atoms with E-state index in [1.165, 1.54) is 0 Å². The van der Waals surface area contributed by atoms with Crippen LogP contribution in [0.15, 0.2) is 47.1 Å². The number of aliphatic hydroxyl groups is 1. The Labute approximate surface area is 150 Å². The Morgan fingerprint density at radius 3 is 2.92 bits per heavy atom. The minimum atomic E-state index is -0.409. The summed E-state index contributed by atoms with van der Waals surface area (Å²) in [7, 11) is 0. The molecule has 2 heterocycles. The van der Waals surface area contributed by atoms with E-state index in [9.17, 15) is 4.79 Å². The minimum Gasteiger partial charge on any atom is -0.465 e. The third-order valence-electron chi connectivity index (χ3n) is 4.56. The molecule has 0 atom stereocenters. The van der Waals surface area contributed by atoms with Crippen molar-refractivity contribution in [3.05, 3.63) is 65.2 Å². The number of hydrogen-bond acceptors (Lipinski definition) is 5. The number of ether oxygens (including phenoxy) is 1. The molecule has 0 aliphatic heterocycles. The fourth-order valence-electron chi connectivity index (χ4n) is 3.46. The summed E-state index contributed by atoms with van der Waals surface area (Å²) in [6, 6.07) is 11.3. The van der Waals surface area contributed by atoms with Gasteiger partial charge in [-0.3, -0.25) is 0 Å². The molecule has 0 bridgehead atoms. The zero-order chi connectivity index (χ0) is 17.9. The van der Waals surface area contributed by atoms with Gasteiger partial charge >= 0.3 is 5.97 Å². The minimum absolute atomic E-state index is 0.0145. The number of aliphatic hydroxyl groups excluding tert-OH is 1. The van der Waals surface area contributed by atoms with Crippen molar-refractivity contribution in [2.75, 3.05) is 13.2 Å². The molecule has 26 heavy (non-hydrogen) atoms. The van der Waals surface area contributed by atoms with Gasteiger partial charge in [-0.05, 0) is 54.7 Å². The van der Waals surface area contributed by atoms with Crippen LogP contribution in [0.1, 0.15) is 40.2 Å². The van der Waals surface area contributed by atoms with E-state index in [4.69, 9.17) is 19.2 Å². The molecular formula is C21H19NO4. The van der Waals surface area contributed by atoms with E-state index < -0.39 is 5.97 Å². The molecule has 3 aromatic rings. The van der Waals surface area contributed by atoms with Crippen LogP contribution < -0.4 is 0 Å². The Morgan fingerprint density at radius 2 is 2.12 bits per heavy atom. The second-order valence-corrected chi connectivity index (χ2v) is 6.23. The summed E-state index contributed by atoms with van der Waals surface area (Å²) >= 11 is 0. The van der Waals surface area contributed by atoms with Crippen LogP contribution in [0, 0.1) is 0 Å². The smallest absolute Gasteiger partial charge is 0.339 e. The Balaban J connectivity index is 1.91. The second-order valence-electron chi connectivity index (χ2n) is 6.23. The average Bonchev–Trinajstić information content (AvgIpc) is 3.18. The highest BCUT2D eigenvalue weighted by Gasteiger charge is 2.26. The second kappa shape index (κ2) is 7.14. The van der Waals surface area contributed by atoms with Gasteiger partial charge in [0.25, 0.3) is 0 Å². The van der Waals surface area contributed by atoms with Crippen molar-refractivity contribution in [2.24, 2.45) is 0 Å². The van der Waals surface area contributed by atoms with Gasteiger partial charge < -0.3 is 14.3 Å². The number of benzene rings is 1. The summed E-state index contributed by atoms with van der Waals surface area (Å²) in [4.78, 5) is 17.5. The van der Waals surface area contributed by atoms with Crippen molar-refractivity contribution in [1.82, 2.24) is 4.98 Å². The van der Waals surface area contributed by atoms with Crippen LogP contribution in [-0.2, 0) is 11.2 Å². The van der Waals surface area contributed by atoms with E-state index in [0.717, 1.165) is 52.8 Å². The molecule has 5 nitrogen and oxygen atoms in total. The van der Waals surface area contributed by atoms with Crippen LogP contribution in [-0.4, -0.2) is 29.3 Å². The molecule has 5 heteroatoms. The van der Waals surface area contributed by atoms with E-state index in [-0.39, 0.29) is 13.2 Å². The Morgan fingerprint density at radius 1 is 1.23 bits per heavy atom. The highest BCUT2D eigenvalue weighted by Crippen LogP contribution is 2.36. The van der Waals surface area contributed by atoms with Crippen molar-refractivity contribution in [1.29, 1.82) is 0 Å². The Bertz CT molecular complexity index is 973. The topological polar surface area (TPSA) is 72.6 Å². The maximum atomic E-state index is 12.7. The zero-order valence-corrected chi connectivity index (χ0v) is 14.3. The third kappa shape index (κ3) is 3.02. The van der Waals surface area contributed by atoms with Gasteiger partial charge in [-0.1, -0.05) is 18.2 Å². The van der Waals surface area contributed by atoms with Crippen LogP contribution in [0.3, 0.4) is 0 Å². The van der Waals surface area contributed by atoms with E-state index in [1.807, 2.05) is 42.5 Å². The van der Waals surface area contributed by atoms with E-state index in [1.54, 1.807) is 6.26 Å². The van der Waals surface area contributed by atoms with Crippen molar-refractivity contribution >= 4 is 28.5 Å². The number of furan rings is 1. The first-order valence-corrected chi connectivity index (χ1v) is 8.72. The normalized spacial score (nSPS) is 15.2. The van der Waals surface area contributed by atoms with Crippen LogP contribution in [0.2, 0.25) is 0 Å². The average molecular weight is 349 g/mol. The molecule has 0 saturated heterocycles. The van der Waals surface area contributed by atoms with Gasteiger partial charge in [-0.15, -0.1) is 0 Å². The van der Waals surface area contributed by atoms with Crippen LogP contribution in [0.5, 0.6) is 0 Å². The number of hydrogen-bond donors (Lipinski definition) is 1. The van der Waals surface area contributed by atoms with Crippen molar-refractivity contribution in [3.8, 4) is 0 Å². The van der Waals surface area contributed by atoms with Crippen LogP contribution in [0.25, 0.3) is 22.6 Å². The van der Waals surface area contributed by atoms with E-state index in [0.29, 0.717) is 5.56 Å². The summed E-state index contributed by atoms with van der Waals surface area (Å²) in [6.45, 7) is -0.208. The lowest BCUT2D eigenvalue weighted by atomic mass is 9.86. The molecule has 0 amide bonds. The van der Waals surface area contributed by atoms with Gasteiger partial charge in [0.1, 0.15) is 12.4 Å². The highest BCUT2D eigenvalue weighted by molar-refractivity contribution is 6.06. The van der Waals surface area contributed by atoms with Crippen molar-refractivity contribution in [2.45, 2.75) is 19.3 Å². The highest BCUT2D eigenvalue weighted by atomic mass is 16.5. The molecular weight excluding hydrogens is 330 g/mol. The predicted octanol–water partition coefficient (Wildman–Crippen LogP) is 3.85. The first kappa shape index (κ1) is 16.5. The molecule has 4 rings (SSSR count). The SMILES string of the molecule is O=C(OCCO)c1c2c(nc3ccccc13)/C(=C\c1ccco1)CCC2. The Kier molecular flexibility index (Phi) is 4.54. The quantitative estimate of drug-likeness (QED) is 0.724. The molecule has 2 aromatic heterocycles. The first-order chi connectivity index (χ1) is 12.8. The van der Waals surface area contributed by atoms with Gasteiger partial charge in [0.05, 0.1) is 29.6 Å². The molecule has 0 radical (unpaired) electrons. The van der Waals surface area contributed by atoms with Crippen molar-refractivity contribution in [3.63, 3.8) is 0 Å². The fourth-order valence-corrected chi connectivity index (χ4v) is 3.46. The molecule has 0 unspecified atom stereocenters. The van der Waals surface area contributed by atoms with Crippen LogP contribution in [0.4, 0.5) is 0 Å². The lowest BCUT2D eigenvalue weighted by molar-refractivity contribution is 0.0434. The third-order valence-corrected chi connectivity index (χ3v) is 4.56. The van der Waals surface area contributed by atoms with E-state index in [2.05, 4.69) is 0 Å². The number of carbonyl (C=O) groups is 1. The van der Waals surface area contributed by atoms with Gasteiger partial charge in [0, 0.05) is 5.39 Å². The standard InChI is InChI=1S/C21H19NO4/c23-10-12-26-21(24)19-16-7-1-2-9-18(16)22-20-14(5-3-8-17(19)20)13-15-6-4-11-25-15/h1-2,4,6-7,9,11,13,23H,3,5,8,10,12H2/b14-13-. The maximum absolute atomic E-state index is 12.7. The molecule has 0 saturated carbocycles. The molecule has 1 N–H and O–H groups in total. The number of rotatable bonds is 4. The summed E-state index contributed by atoms with van der Waals surface area (Å²) in [5, 5.41) is 9.78. The number of carbonyl (C=O) groups excluding carboxylic acids is 1. The number of esters is 1.